The third-order valence-corrected chi connectivity index (χ3v) is 4.15. The summed E-state index contributed by atoms with van der Waals surface area (Å²) in [7, 11) is 3.03. The number of rotatable bonds is 9. The molecule has 0 aliphatic carbocycles. The minimum Gasteiger partial charge on any atom is -0.497 e. The maximum atomic E-state index is 12.4. The molecule has 10 nitrogen and oxygen atoms in total. The molecule has 0 aliphatic heterocycles. The van der Waals surface area contributed by atoms with Gasteiger partial charge < -0.3 is 29.4 Å². The molecule has 0 aliphatic rings. The SMILES string of the molecule is CCOC(=O)[C@H](C)NC(=O)[C@H](C)NC(=O)c1cc(-c2cc(OC)ccc2OC)on1. The zero-order valence-electron chi connectivity index (χ0n) is 17.5. The highest BCUT2D eigenvalue weighted by Crippen LogP contribution is 2.33. The lowest BCUT2D eigenvalue weighted by molar-refractivity contribution is -0.147. The van der Waals surface area contributed by atoms with Crippen LogP contribution in [-0.4, -0.2) is 55.9 Å². The van der Waals surface area contributed by atoms with Gasteiger partial charge in [-0.2, -0.15) is 0 Å². The topological polar surface area (TPSA) is 129 Å². The molecule has 1 aromatic heterocycles. The summed E-state index contributed by atoms with van der Waals surface area (Å²) < 4.78 is 20.6. The van der Waals surface area contributed by atoms with Crippen LogP contribution in [0.4, 0.5) is 0 Å². The summed E-state index contributed by atoms with van der Waals surface area (Å²) in [6, 6.07) is 4.79. The Hall–Kier alpha value is -3.56. The van der Waals surface area contributed by atoms with E-state index < -0.39 is 29.9 Å². The van der Waals surface area contributed by atoms with E-state index in [9.17, 15) is 14.4 Å². The van der Waals surface area contributed by atoms with E-state index in [0.717, 1.165) is 0 Å². The molecule has 0 saturated carbocycles. The van der Waals surface area contributed by atoms with E-state index in [1.165, 1.54) is 34.1 Å². The van der Waals surface area contributed by atoms with Crippen LogP contribution in [0.2, 0.25) is 0 Å². The summed E-state index contributed by atoms with van der Waals surface area (Å²) in [4.78, 5) is 36.3. The fourth-order valence-corrected chi connectivity index (χ4v) is 2.52. The van der Waals surface area contributed by atoms with Crippen LogP contribution in [0.15, 0.2) is 28.8 Å². The molecule has 30 heavy (non-hydrogen) atoms. The summed E-state index contributed by atoms with van der Waals surface area (Å²) in [5.74, 6) is -0.323. The molecule has 1 heterocycles. The van der Waals surface area contributed by atoms with Crippen LogP contribution in [0.1, 0.15) is 31.3 Å². The van der Waals surface area contributed by atoms with Crippen LogP contribution in [0, 0.1) is 0 Å². The summed E-state index contributed by atoms with van der Waals surface area (Å²) >= 11 is 0. The summed E-state index contributed by atoms with van der Waals surface area (Å²) in [5, 5.41) is 8.74. The van der Waals surface area contributed by atoms with E-state index in [-0.39, 0.29) is 12.3 Å². The van der Waals surface area contributed by atoms with E-state index in [0.29, 0.717) is 22.8 Å². The van der Waals surface area contributed by atoms with Gasteiger partial charge >= 0.3 is 5.97 Å². The predicted octanol–water partition coefficient (Wildman–Crippen LogP) is 1.54. The van der Waals surface area contributed by atoms with Crippen molar-refractivity contribution in [1.82, 2.24) is 15.8 Å². The van der Waals surface area contributed by atoms with Gasteiger partial charge in [-0.05, 0) is 39.0 Å². The van der Waals surface area contributed by atoms with Crippen LogP contribution in [0.25, 0.3) is 11.3 Å². The van der Waals surface area contributed by atoms with Gasteiger partial charge in [0.05, 0.1) is 26.4 Å². The van der Waals surface area contributed by atoms with Gasteiger partial charge in [-0.25, -0.2) is 4.79 Å². The number of nitrogens with zero attached hydrogens (tertiary/aromatic N) is 1. The molecule has 0 unspecified atom stereocenters. The Bertz CT molecular complexity index is 910. The van der Waals surface area contributed by atoms with Gasteiger partial charge in [0.15, 0.2) is 11.5 Å². The predicted molar refractivity (Wildman–Crippen MR) is 106 cm³/mol. The Balaban J connectivity index is 2.06. The Morgan fingerprint density at radius 3 is 2.43 bits per heavy atom. The molecule has 0 fully saturated rings. The molecule has 162 valence electrons. The maximum Gasteiger partial charge on any atom is 0.328 e. The number of benzene rings is 1. The number of methoxy groups -OCH3 is 2. The fraction of sp³-hybridized carbons (Fsp3) is 0.400. The Labute approximate surface area is 173 Å². The molecule has 2 atom stereocenters. The van der Waals surface area contributed by atoms with Crippen molar-refractivity contribution in [1.29, 1.82) is 0 Å². The zero-order valence-corrected chi connectivity index (χ0v) is 17.5. The molecule has 0 bridgehead atoms. The van der Waals surface area contributed by atoms with E-state index in [1.807, 2.05) is 0 Å². The third kappa shape index (κ3) is 5.49. The largest absolute Gasteiger partial charge is 0.497 e. The molecule has 2 aromatic rings. The number of aromatic nitrogens is 1. The average molecular weight is 419 g/mol. The number of hydrogen-bond donors (Lipinski definition) is 2. The number of carbonyl (C=O) groups excluding carboxylic acids is 3. The lowest BCUT2D eigenvalue weighted by atomic mass is 10.1. The van der Waals surface area contributed by atoms with E-state index >= 15 is 0 Å². The smallest absolute Gasteiger partial charge is 0.328 e. The van der Waals surface area contributed by atoms with Crippen LogP contribution in [0.5, 0.6) is 11.5 Å². The number of nitrogens with one attached hydrogen (secondary N) is 2. The van der Waals surface area contributed by atoms with Gasteiger partial charge in [-0.15, -0.1) is 0 Å². The van der Waals surface area contributed by atoms with Crippen molar-refractivity contribution in [3.05, 3.63) is 30.0 Å². The first-order valence-corrected chi connectivity index (χ1v) is 9.27. The van der Waals surface area contributed by atoms with Crippen LogP contribution in [-0.2, 0) is 14.3 Å². The molecule has 2 amide bonds. The zero-order chi connectivity index (χ0) is 22.3. The third-order valence-electron chi connectivity index (χ3n) is 4.15. The van der Waals surface area contributed by atoms with Crippen molar-refractivity contribution in [2.45, 2.75) is 32.9 Å². The van der Waals surface area contributed by atoms with Crippen molar-refractivity contribution in [2.24, 2.45) is 0 Å². The van der Waals surface area contributed by atoms with Gasteiger partial charge in [-0.3, -0.25) is 9.59 Å². The number of amides is 2. The molecule has 0 saturated heterocycles. The van der Waals surface area contributed by atoms with Crippen molar-refractivity contribution in [2.75, 3.05) is 20.8 Å². The molecule has 2 N–H and O–H groups in total. The fourth-order valence-electron chi connectivity index (χ4n) is 2.52. The quantitative estimate of drug-likeness (QED) is 0.586. The van der Waals surface area contributed by atoms with Crippen molar-refractivity contribution in [3.8, 4) is 22.8 Å². The Kier molecular flexibility index (Phi) is 7.79. The second kappa shape index (κ2) is 10.3. The second-order valence-corrected chi connectivity index (χ2v) is 6.32. The van der Waals surface area contributed by atoms with Crippen LogP contribution >= 0.6 is 0 Å². The highest BCUT2D eigenvalue weighted by atomic mass is 16.5. The minimum atomic E-state index is -0.916. The number of hydrogen-bond acceptors (Lipinski definition) is 8. The second-order valence-electron chi connectivity index (χ2n) is 6.32. The van der Waals surface area contributed by atoms with Gasteiger partial charge in [0.2, 0.25) is 5.91 Å². The molecular formula is C20H25N3O7. The molecule has 2 rings (SSSR count). The first kappa shape index (κ1) is 22.7. The summed E-state index contributed by atoms with van der Waals surface area (Å²) in [6.07, 6.45) is 0. The lowest BCUT2D eigenvalue weighted by Gasteiger charge is -2.17. The van der Waals surface area contributed by atoms with Crippen LogP contribution < -0.4 is 20.1 Å². The van der Waals surface area contributed by atoms with E-state index in [1.54, 1.807) is 25.1 Å². The monoisotopic (exact) mass is 419 g/mol. The van der Waals surface area contributed by atoms with Crippen molar-refractivity contribution < 1.29 is 33.1 Å². The first-order valence-electron chi connectivity index (χ1n) is 9.27. The van der Waals surface area contributed by atoms with E-state index in [2.05, 4.69) is 15.8 Å². The molecule has 0 spiro atoms. The summed E-state index contributed by atoms with van der Waals surface area (Å²) in [6.45, 7) is 4.85. The van der Waals surface area contributed by atoms with Gasteiger partial charge in [-0.1, -0.05) is 5.16 Å². The molecular weight excluding hydrogens is 394 g/mol. The Morgan fingerprint density at radius 1 is 1.07 bits per heavy atom. The minimum absolute atomic E-state index is 0.0204. The lowest BCUT2D eigenvalue weighted by Crippen LogP contribution is -2.49. The average Bonchev–Trinajstić information content (AvgIpc) is 3.23. The highest BCUT2D eigenvalue weighted by molar-refractivity contribution is 5.97. The maximum absolute atomic E-state index is 12.4. The van der Waals surface area contributed by atoms with Gasteiger partial charge in [0.25, 0.3) is 5.91 Å². The van der Waals surface area contributed by atoms with E-state index in [4.69, 9.17) is 18.7 Å². The number of esters is 1. The number of carbonyl (C=O) groups is 3. The molecule has 1 aromatic carbocycles. The first-order chi connectivity index (χ1) is 14.3. The normalized spacial score (nSPS) is 12.4. The van der Waals surface area contributed by atoms with Gasteiger partial charge in [0.1, 0.15) is 23.6 Å². The van der Waals surface area contributed by atoms with Crippen molar-refractivity contribution >= 4 is 17.8 Å². The molecule has 10 heteroatoms. The number of ether oxygens (including phenoxy) is 3. The highest BCUT2D eigenvalue weighted by Gasteiger charge is 2.24. The van der Waals surface area contributed by atoms with Crippen molar-refractivity contribution in [3.63, 3.8) is 0 Å². The summed E-state index contributed by atoms with van der Waals surface area (Å²) in [5.41, 5.74) is 0.533. The molecule has 0 radical (unpaired) electrons. The standard InChI is InChI=1S/C20H25N3O7/c1-6-29-20(26)12(3)22-18(24)11(2)21-19(25)15-10-17(30-23-15)14-9-13(27-4)7-8-16(14)28-5/h7-12H,6H2,1-5H3,(H,21,25)(H,22,24)/t11-,12-/m0/s1. The van der Waals surface area contributed by atoms with Gasteiger partial charge in [0, 0.05) is 6.07 Å². The Morgan fingerprint density at radius 2 is 1.80 bits per heavy atom. The van der Waals surface area contributed by atoms with Crippen LogP contribution in [0.3, 0.4) is 0 Å².